The highest BCUT2D eigenvalue weighted by Crippen LogP contribution is 2.23. The van der Waals surface area contributed by atoms with Gasteiger partial charge in [-0.3, -0.25) is 0 Å². The maximum Gasteiger partial charge on any atom is 0.417 e. The monoisotopic (exact) mass is 253 g/mol. The molecule has 1 heterocycles. The summed E-state index contributed by atoms with van der Waals surface area (Å²) in [6, 6.07) is 7.55. The third-order valence-corrected chi connectivity index (χ3v) is 2.30. The predicted molar refractivity (Wildman–Crippen MR) is 54.4 cm³/mol. The van der Waals surface area contributed by atoms with Crippen molar-refractivity contribution in [1.29, 1.82) is 0 Å². The highest BCUT2D eigenvalue weighted by molar-refractivity contribution is 9.10. The standard InChI is InChI=1S/C10H6BrO3/c11-8-2-1-7-3-9(5-13-6-12)14-10(7)4-8/h1-4H,5H2. The molecule has 0 saturated carbocycles. The maximum atomic E-state index is 9.85. The quantitative estimate of drug-likeness (QED) is 0.845. The molecule has 0 fully saturated rings. The van der Waals surface area contributed by atoms with E-state index in [1.807, 2.05) is 24.3 Å². The van der Waals surface area contributed by atoms with Crippen molar-refractivity contribution in [1.82, 2.24) is 0 Å². The van der Waals surface area contributed by atoms with Crippen LogP contribution < -0.4 is 0 Å². The molecule has 0 aliphatic rings. The van der Waals surface area contributed by atoms with Crippen LogP contribution in [0.3, 0.4) is 0 Å². The van der Waals surface area contributed by atoms with Crippen LogP contribution in [0, 0.1) is 0 Å². The van der Waals surface area contributed by atoms with Crippen molar-refractivity contribution in [2.75, 3.05) is 0 Å². The molecule has 0 aliphatic heterocycles. The Morgan fingerprint density at radius 3 is 3.07 bits per heavy atom. The van der Waals surface area contributed by atoms with Gasteiger partial charge in [-0.2, -0.15) is 0 Å². The smallest absolute Gasteiger partial charge is 0.417 e. The van der Waals surface area contributed by atoms with Crippen molar-refractivity contribution < 1.29 is 13.9 Å². The largest absolute Gasteiger partial charge is 0.457 e. The minimum Gasteiger partial charge on any atom is -0.457 e. The predicted octanol–water partition coefficient (Wildman–Crippen LogP) is 2.78. The van der Waals surface area contributed by atoms with E-state index in [9.17, 15) is 4.79 Å². The fourth-order valence-corrected chi connectivity index (χ4v) is 1.57. The van der Waals surface area contributed by atoms with Crippen molar-refractivity contribution in [2.24, 2.45) is 0 Å². The molecule has 0 unspecified atom stereocenters. The lowest BCUT2D eigenvalue weighted by molar-refractivity contribution is 0.242. The van der Waals surface area contributed by atoms with Crippen LogP contribution >= 0.6 is 15.9 Å². The molecular formula is C10H6BrO3. The molecule has 0 aliphatic carbocycles. The van der Waals surface area contributed by atoms with Gasteiger partial charge >= 0.3 is 6.47 Å². The number of fused-ring (bicyclic) bond motifs is 1. The molecule has 0 N–H and O–H groups in total. The fourth-order valence-electron chi connectivity index (χ4n) is 1.23. The van der Waals surface area contributed by atoms with E-state index in [1.165, 1.54) is 6.47 Å². The second-order valence-electron chi connectivity index (χ2n) is 2.77. The number of carbonyl (C=O) groups excluding carboxylic acids is 1. The van der Waals surface area contributed by atoms with Crippen LogP contribution in [0.2, 0.25) is 0 Å². The molecule has 2 aromatic rings. The Labute approximate surface area is 88.8 Å². The Kier molecular flexibility index (Phi) is 2.54. The van der Waals surface area contributed by atoms with Crippen LogP contribution in [0.5, 0.6) is 0 Å². The molecule has 0 bridgehead atoms. The second-order valence-corrected chi connectivity index (χ2v) is 3.68. The summed E-state index contributed by atoms with van der Waals surface area (Å²) in [5.41, 5.74) is 0.767. The summed E-state index contributed by atoms with van der Waals surface area (Å²) < 4.78 is 10.8. The molecule has 1 aromatic carbocycles. The van der Waals surface area contributed by atoms with E-state index in [0.29, 0.717) is 5.76 Å². The Hall–Kier alpha value is -1.29. The Bertz CT molecular complexity index is 461. The van der Waals surface area contributed by atoms with Gasteiger partial charge in [0.25, 0.3) is 0 Å². The van der Waals surface area contributed by atoms with Gasteiger partial charge in [0, 0.05) is 9.86 Å². The van der Waals surface area contributed by atoms with Crippen molar-refractivity contribution in [3.63, 3.8) is 0 Å². The summed E-state index contributed by atoms with van der Waals surface area (Å²) in [5, 5.41) is 0.984. The van der Waals surface area contributed by atoms with Gasteiger partial charge in [0.05, 0.1) is 0 Å². The van der Waals surface area contributed by atoms with Crippen LogP contribution in [0.4, 0.5) is 0 Å². The van der Waals surface area contributed by atoms with Gasteiger partial charge in [0.2, 0.25) is 0 Å². The summed E-state index contributed by atoms with van der Waals surface area (Å²) >= 11 is 3.34. The second kappa shape index (κ2) is 3.84. The molecule has 1 radical (unpaired) electrons. The van der Waals surface area contributed by atoms with Crippen LogP contribution in [0.1, 0.15) is 5.76 Å². The molecular weight excluding hydrogens is 248 g/mol. The summed E-state index contributed by atoms with van der Waals surface area (Å²) in [4.78, 5) is 9.85. The van der Waals surface area contributed by atoms with Gasteiger partial charge in [-0.25, -0.2) is 4.79 Å². The minimum absolute atomic E-state index is 0.121. The van der Waals surface area contributed by atoms with Crippen molar-refractivity contribution in [3.8, 4) is 0 Å². The third kappa shape index (κ3) is 1.80. The number of rotatable bonds is 3. The molecule has 0 spiro atoms. The van der Waals surface area contributed by atoms with Gasteiger partial charge in [0.15, 0.2) is 0 Å². The summed E-state index contributed by atoms with van der Waals surface area (Å²) in [6.45, 7) is 1.47. The van der Waals surface area contributed by atoms with Crippen LogP contribution in [0.25, 0.3) is 11.0 Å². The SMILES string of the molecule is O=[C]OCc1cc2ccc(Br)cc2o1. The van der Waals surface area contributed by atoms with E-state index < -0.39 is 0 Å². The number of benzene rings is 1. The van der Waals surface area contributed by atoms with E-state index in [-0.39, 0.29) is 6.61 Å². The average molecular weight is 254 g/mol. The molecule has 71 valence electrons. The average Bonchev–Trinajstić information content (AvgIpc) is 2.56. The van der Waals surface area contributed by atoms with E-state index in [2.05, 4.69) is 20.7 Å². The first-order valence-corrected chi connectivity index (χ1v) is 4.76. The molecule has 3 nitrogen and oxygen atoms in total. The fraction of sp³-hybridized carbons (Fsp3) is 0.100. The molecule has 2 rings (SSSR count). The van der Waals surface area contributed by atoms with Crippen LogP contribution in [0.15, 0.2) is 33.2 Å². The lowest BCUT2D eigenvalue weighted by Crippen LogP contribution is -1.85. The number of hydrogen-bond acceptors (Lipinski definition) is 3. The molecule has 14 heavy (non-hydrogen) atoms. The topological polar surface area (TPSA) is 39.4 Å². The first-order valence-electron chi connectivity index (χ1n) is 3.96. The zero-order chi connectivity index (χ0) is 9.97. The highest BCUT2D eigenvalue weighted by Gasteiger charge is 2.03. The molecule has 0 atom stereocenters. The Morgan fingerprint density at radius 2 is 2.29 bits per heavy atom. The van der Waals surface area contributed by atoms with Crippen LogP contribution in [-0.4, -0.2) is 6.47 Å². The first-order chi connectivity index (χ1) is 6.79. The Balaban J connectivity index is 2.36. The highest BCUT2D eigenvalue weighted by atomic mass is 79.9. The Morgan fingerprint density at radius 1 is 1.43 bits per heavy atom. The lowest BCUT2D eigenvalue weighted by Gasteiger charge is -1.90. The van der Waals surface area contributed by atoms with Gasteiger partial charge in [-0.15, -0.1) is 0 Å². The van der Waals surface area contributed by atoms with Gasteiger partial charge in [-0.1, -0.05) is 15.9 Å². The molecule has 1 aromatic heterocycles. The number of hydrogen-bond donors (Lipinski definition) is 0. The number of halogens is 1. The normalized spacial score (nSPS) is 10.4. The van der Waals surface area contributed by atoms with Crippen molar-refractivity contribution in [2.45, 2.75) is 6.61 Å². The summed E-state index contributed by atoms with van der Waals surface area (Å²) in [6.07, 6.45) is 0. The number of ether oxygens (including phenoxy) is 1. The van der Waals surface area contributed by atoms with Crippen molar-refractivity contribution in [3.05, 3.63) is 34.5 Å². The first kappa shape index (κ1) is 9.27. The van der Waals surface area contributed by atoms with Gasteiger partial charge in [-0.05, 0) is 24.3 Å². The zero-order valence-corrected chi connectivity index (χ0v) is 8.71. The molecule has 4 heteroatoms. The summed E-state index contributed by atoms with van der Waals surface area (Å²) in [7, 11) is 0. The van der Waals surface area contributed by atoms with E-state index in [0.717, 1.165) is 15.4 Å². The van der Waals surface area contributed by atoms with E-state index >= 15 is 0 Å². The van der Waals surface area contributed by atoms with E-state index in [4.69, 9.17) is 4.42 Å². The maximum absolute atomic E-state index is 9.85. The molecule has 0 amide bonds. The lowest BCUT2D eigenvalue weighted by atomic mass is 10.2. The third-order valence-electron chi connectivity index (χ3n) is 1.81. The van der Waals surface area contributed by atoms with Crippen molar-refractivity contribution >= 4 is 33.4 Å². The van der Waals surface area contributed by atoms with Crippen LogP contribution in [-0.2, 0) is 16.1 Å². The zero-order valence-electron chi connectivity index (χ0n) is 7.12. The number of furan rings is 1. The summed E-state index contributed by atoms with van der Waals surface area (Å²) in [5.74, 6) is 0.612. The van der Waals surface area contributed by atoms with Gasteiger partial charge < -0.3 is 9.15 Å². The minimum atomic E-state index is 0.121. The van der Waals surface area contributed by atoms with Gasteiger partial charge in [0.1, 0.15) is 18.0 Å². The van der Waals surface area contributed by atoms with E-state index in [1.54, 1.807) is 0 Å². The molecule has 0 saturated heterocycles.